The minimum absolute atomic E-state index is 0.102. The summed E-state index contributed by atoms with van der Waals surface area (Å²) in [5, 5.41) is 2.74. The third kappa shape index (κ3) is 4.11. The second-order valence-electron chi connectivity index (χ2n) is 6.36. The number of rotatable bonds is 5. The van der Waals surface area contributed by atoms with Crippen LogP contribution in [0.4, 0.5) is 11.4 Å². The SMILES string of the molecule is COc1ccccc1N1C[C@@H](C(=O)Nc2ccc(S(C)(=O)=O)cc2)CC1=O. The molecule has 0 spiro atoms. The number of amides is 2. The second-order valence-corrected chi connectivity index (χ2v) is 8.38. The lowest BCUT2D eigenvalue weighted by atomic mass is 10.1. The Labute approximate surface area is 157 Å². The van der Waals surface area contributed by atoms with Crippen LogP contribution >= 0.6 is 0 Å². The van der Waals surface area contributed by atoms with Crippen LogP contribution in [-0.4, -0.2) is 40.1 Å². The van der Waals surface area contributed by atoms with E-state index in [-0.39, 0.29) is 29.7 Å². The molecule has 8 heteroatoms. The number of para-hydroxylation sites is 2. The van der Waals surface area contributed by atoms with Gasteiger partial charge in [0.2, 0.25) is 11.8 Å². The molecule has 142 valence electrons. The number of nitrogens with zero attached hydrogens (tertiary/aromatic N) is 1. The molecule has 1 heterocycles. The van der Waals surface area contributed by atoms with E-state index in [2.05, 4.69) is 5.32 Å². The quantitative estimate of drug-likeness (QED) is 0.847. The average molecular weight is 388 g/mol. The second kappa shape index (κ2) is 7.40. The summed E-state index contributed by atoms with van der Waals surface area (Å²) in [4.78, 5) is 26.7. The van der Waals surface area contributed by atoms with Gasteiger partial charge in [0.15, 0.2) is 9.84 Å². The molecule has 0 aromatic heterocycles. The van der Waals surface area contributed by atoms with Crippen LogP contribution in [-0.2, 0) is 19.4 Å². The van der Waals surface area contributed by atoms with Gasteiger partial charge in [-0.15, -0.1) is 0 Å². The third-order valence-corrected chi connectivity index (χ3v) is 5.55. The van der Waals surface area contributed by atoms with E-state index in [4.69, 9.17) is 4.74 Å². The first-order valence-electron chi connectivity index (χ1n) is 8.34. The molecule has 1 aliphatic rings. The van der Waals surface area contributed by atoms with Crippen LogP contribution in [0.15, 0.2) is 53.4 Å². The van der Waals surface area contributed by atoms with Crippen molar-refractivity contribution < 1.29 is 22.7 Å². The van der Waals surface area contributed by atoms with Gasteiger partial charge in [-0.25, -0.2) is 8.42 Å². The molecule has 1 N–H and O–H groups in total. The zero-order valence-corrected chi connectivity index (χ0v) is 15.8. The molecule has 1 fully saturated rings. The minimum atomic E-state index is -3.29. The van der Waals surface area contributed by atoms with Crippen molar-refractivity contribution in [1.29, 1.82) is 0 Å². The van der Waals surface area contributed by atoms with Crippen molar-refractivity contribution in [3.63, 3.8) is 0 Å². The third-order valence-electron chi connectivity index (χ3n) is 4.42. The van der Waals surface area contributed by atoms with Crippen LogP contribution in [0.1, 0.15) is 6.42 Å². The van der Waals surface area contributed by atoms with Gasteiger partial charge in [0.25, 0.3) is 0 Å². The molecule has 0 unspecified atom stereocenters. The lowest BCUT2D eigenvalue weighted by Crippen LogP contribution is -2.28. The molecule has 7 nitrogen and oxygen atoms in total. The first-order chi connectivity index (χ1) is 12.8. The Bertz CT molecular complexity index is 970. The molecule has 1 atom stereocenters. The molecule has 1 saturated heterocycles. The fourth-order valence-corrected chi connectivity index (χ4v) is 3.63. The van der Waals surface area contributed by atoms with E-state index in [0.29, 0.717) is 17.1 Å². The maximum Gasteiger partial charge on any atom is 0.229 e. The van der Waals surface area contributed by atoms with E-state index in [1.165, 1.54) is 31.4 Å². The predicted molar refractivity (Wildman–Crippen MR) is 102 cm³/mol. The molecular formula is C19H20N2O5S. The molecule has 0 bridgehead atoms. The van der Waals surface area contributed by atoms with Crippen molar-refractivity contribution >= 4 is 33.0 Å². The normalized spacial score (nSPS) is 17.0. The molecule has 0 aliphatic carbocycles. The Morgan fingerprint density at radius 3 is 2.44 bits per heavy atom. The number of carbonyl (C=O) groups excluding carboxylic acids is 2. The van der Waals surface area contributed by atoms with E-state index >= 15 is 0 Å². The molecule has 2 amide bonds. The van der Waals surface area contributed by atoms with Crippen LogP contribution in [0.2, 0.25) is 0 Å². The van der Waals surface area contributed by atoms with Crippen LogP contribution in [0.3, 0.4) is 0 Å². The van der Waals surface area contributed by atoms with Crippen LogP contribution < -0.4 is 15.0 Å². The lowest BCUT2D eigenvalue weighted by molar-refractivity contribution is -0.122. The highest BCUT2D eigenvalue weighted by Gasteiger charge is 2.36. The number of hydrogen-bond donors (Lipinski definition) is 1. The standard InChI is InChI=1S/C19H20N2O5S/c1-26-17-6-4-3-5-16(17)21-12-13(11-18(21)22)19(23)20-14-7-9-15(10-8-14)27(2,24)25/h3-10,13H,11-12H2,1-2H3,(H,20,23)/t13-/m0/s1. The number of ether oxygens (including phenoxy) is 1. The Hall–Kier alpha value is -2.87. The van der Waals surface area contributed by atoms with Crippen LogP contribution in [0.25, 0.3) is 0 Å². The monoisotopic (exact) mass is 388 g/mol. The summed E-state index contributed by atoms with van der Waals surface area (Å²) in [5.74, 6) is -0.361. The van der Waals surface area contributed by atoms with Gasteiger partial charge in [-0.2, -0.15) is 0 Å². The van der Waals surface area contributed by atoms with Gasteiger partial charge in [0, 0.05) is 24.9 Å². The highest BCUT2D eigenvalue weighted by atomic mass is 32.2. The van der Waals surface area contributed by atoms with Gasteiger partial charge >= 0.3 is 0 Å². The average Bonchev–Trinajstić information content (AvgIpc) is 3.03. The number of sulfone groups is 1. The Morgan fingerprint density at radius 1 is 1.15 bits per heavy atom. The smallest absolute Gasteiger partial charge is 0.229 e. The lowest BCUT2D eigenvalue weighted by Gasteiger charge is -2.19. The number of anilines is 2. The molecule has 2 aromatic carbocycles. The molecule has 27 heavy (non-hydrogen) atoms. The maximum absolute atomic E-state index is 12.5. The number of hydrogen-bond acceptors (Lipinski definition) is 5. The van der Waals surface area contributed by atoms with Crippen molar-refractivity contribution in [1.82, 2.24) is 0 Å². The topological polar surface area (TPSA) is 92.8 Å². The highest BCUT2D eigenvalue weighted by molar-refractivity contribution is 7.90. The number of carbonyl (C=O) groups is 2. The fraction of sp³-hybridized carbons (Fsp3) is 0.263. The number of nitrogens with one attached hydrogen (secondary N) is 1. The predicted octanol–water partition coefficient (Wildman–Crippen LogP) is 2.09. The van der Waals surface area contributed by atoms with E-state index in [1.807, 2.05) is 12.1 Å². The van der Waals surface area contributed by atoms with Gasteiger partial charge < -0.3 is 15.0 Å². The van der Waals surface area contributed by atoms with Crippen LogP contribution in [0, 0.1) is 5.92 Å². The Balaban J connectivity index is 1.71. The molecule has 2 aromatic rings. The molecular weight excluding hydrogens is 368 g/mol. The Morgan fingerprint density at radius 2 is 1.81 bits per heavy atom. The van der Waals surface area contributed by atoms with E-state index < -0.39 is 15.8 Å². The zero-order valence-electron chi connectivity index (χ0n) is 15.0. The van der Waals surface area contributed by atoms with Gasteiger partial charge in [-0.3, -0.25) is 9.59 Å². The van der Waals surface area contributed by atoms with Gasteiger partial charge in [-0.05, 0) is 36.4 Å². The molecule has 0 radical (unpaired) electrons. The molecule has 3 rings (SSSR count). The summed E-state index contributed by atoms with van der Waals surface area (Å²) in [6.45, 7) is 0.256. The molecule has 0 saturated carbocycles. The van der Waals surface area contributed by atoms with Gasteiger partial charge in [0.05, 0.1) is 23.6 Å². The van der Waals surface area contributed by atoms with Crippen molar-refractivity contribution in [2.45, 2.75) is 11.3 Å². The summed E-state index contributed by atoms with van der Waals surface area (Å²) in [7, 11) is -1.76. The number of methoxy groups -OCH3 is 1. The van der Waals surface area contributed by atoms with E-state index in [0.717, 1.165) is 6.26 Å². The largest absolute Gasteiger partial charge is 0.495 e. The summed E-state index contributed by atoms with van der Waals surface area (Å²) in [6, 6.07) is 13.1. The van der Waals surface area contributed by atoms with Crippen molar-refractivity contribution in [3.8, 4) is 5.75 Å². The zero-order chi connectivity index (χ0) is 19.6. The fourth-order valence-electron chi connectivity index (χ4n) is 3.00. The summed E-state index contributed by atoms with van der Waals surface area (Å²) in [6.07, 6.45) is 1.22. The minimum Gasteiger partial charge on any atom is -0.495 e. The first-order valence-corrected chi connectivity index (χ1v) is 10.2. The Kier molecular flexibility index (Phi) is 5.18. The van der Waals surface area contributed by atoms with Gasteiger partial charge in [0.1, 0.15) is 5.75 Å². The molecule has 1 aliphatic heterocycles. The van der Waals surface area contributed by atoms with E-state index in [9.17, 15) is 18.0 Å². The first kappa shape index (κ1) is 18.9. The van der Waals surface area contributed by atoms with Crippen molar-refractivity contribution in [2.24, 2.45) is 5.92 Å². The summed E-state index contributed by atoms with van der Waals surface area (Å²) in [5.41, 5.74) is 1.12. The maximum atomic E-state index is 12.5. The summed E-state index contributed by atoms with van der Waals surface area (Å²) >= 11 is 0. The number of benzene rings is 2. The highest BCUT2D eigenvalue weighted by Crippen LogP contribution is 2.33. The van der Waals surface area contributed by atoms with Crippen molar-refractivity contribution in [2.75, 3.05) is 30.1 Å². The van der Waals surface area contributed by atoms with Gasteiger partial charge in [-0.1, -0.05) is 12.1 Å². The van der Waals surface area contributed by atoms with E-state index in [1.54, 1.807) is 17.0 Å². The van der Waals surface area contributed by atoms with Crippen LogP contribution in [0.5, 0.6) is 5.75 Å². The summed E-state index contributed by atoms with van der Waals surface area (Å²) < 4.78 is 28.3. The van der Waals surface area contributed by atoms with Crippen molar-refractivity contribution in [3.05, 3.63) is 48.5 Å².